The summed E-state index contributed by atoms with van der Waals surface area (Å²) in [4.78, 5) is 40.8. The van der Waals surface area contributed by atoms with Gasteiger partial charge in [0, 0.05) is 12.6 Å². The van der Waals surface area contributed by atoms with Crippen molar-refractivity contribution in [3.05, 3.63) is 53.7 Å². The first-order valence-electron chi connectivity index (χ1n) is 7.57. The van der Waals surface area contributed by atoms with Gasteiger partial charge in [0.05, 0.1) is 22.1 Å². The van der Waals surface area contributed by atoms with Crippen molar-refractivity contribution in [2.45, 2.75) is 22.9 Å². The number of aromatic nitrogens is 1. The lowest BCUT2D eigenvalue weighted by Crippen LogP contribution is -2.31. The molecule has 0 spiro atoms. The first-order chi connectivity index (χ1) is 12.7. The molecule has 0 bridgehead atoms. The number of carboxylic acids is 1. The van der Waals surface area contributed by atoms with E-state index in [1.807, 2.05) is 0 Å². The molecule has 0 unspecified atom stereocenters. The predicted molar refractivity (Wildman–Crippen MR) is 89.4 cm³/mol. The zero-order valence-corrected chi connectivity index (χ0v) is 14.3. The Kier molecular flexibility index (Phi) is 4.92. The number of carbonyl (C=O) groups excluding carboxylic acids is 2. The van der Waals surface area contributed by atoms with Crippen molar-refractivity contribution in [3.63, 3.8) is 0 Å². The zero-order chi connectivity index (χ0) is 19.8. The van der Waals surface area contributed by atoms with Crippen molar-refractivity contribution in [3.8, 4) is 0 Å². The van der Waals surface area contributed by atoms with Gasteiger partial charge in [0.1, 0.15) is 5.03 Å². The van der Waals surface area contributed by atoms with Crippen LogP contribution in [0.3, 0.4) is 0 Å². The molecule has 1 N–H and O–H groups in total. The average molecular weight is 396 g/mol. The molecule has 1 aromatic carbocycles. The van der Waals surface area contributed by atoms with Crippen LogP contribution in [0, 0.1) is 0 Å². The highest BCUT2D eigenvalue weighted by atomic mass is 32.2. The fraction of sp³-hybridized carbons (Fsp3) is 0.176. The largest absolute Gasteiger partial charge is 0.478 e. The maximum absolute atomic E-state index is 12.7. The van der Waals surface area contributed by atoms with E-state index in [1.165, 1.54) is 18.3 Å². The van der Waals surface area contributed by atoms with E-state index >= 15 is 0 Å². The highest BCUT2D eigenvalue weighted by Crippen LogP contribution is 2.36. The van der Waals surface area contributed by atoms with E-state index in [1.54, 1.807) is 0 Å². The molecule has 3 rings (SSSR count). The lowest BCUT2D eigenvalue weighted by molar-refractivity contribution is -0.137. The molecule has 1 fully saturated rings. The molecule has 2 aromatic rings. The van der Waals surface area contributed by atoms with Gasteiger partial charge in [-0.05, 0) is 36.4 Å². The van der Waals surface area contributed by atoms with Crippen molar-refractivity contribution in [1.82, 2.24) is 4.98 Å². The van der Waals surface area contributed by atoms with Crippen LogP contribution < -0.4 is 4.90 Å². The van der Waals surface area contributed by atoms with Crippen molar-refractivity contribution in [1.29, 1.82) is 0 Å². The van der Waals surface area contributed by atoms with Crippen LogP contribution >= 0.6 is 11.8 Å². The predicted octanol–water partition coefficient (Wildman–Crippen LogP) is 3.22. The molecule has 1 saturated heterocycles. The fourth-order valence-electron chi connectivity index (χ4n) is 2.55. The average Bonchev–Trinajstić information content (AvgIpc) is 2.88. The van der Waals surface area contributed by atoms with Crippen LogP contribution in [0.2, 0.25) is 0 Å². The lowest BCUT2D eigenvalue weighted by Gasteiger charge is -2.16. The summed E-state index contributed by atoms with van der Waals surface area (Å²) < 4.78 is 38.0. The Balaban J connectivity index is 1.83. The van der Waals surface area contributed by atoms with E-state index in [9.17, 15) is 32.7 Å². The summed E-state index contributed by atoms with van der Waals surface area (Å²) in [5.74, 6) is -2.43. The third-order valence-electron chi connectivity index (χ3n) is 3.81. The number of thioether (sulfide) groups is 1. The number of amides is 2. The Labute approximate surface area is 155 Å². The number of pyridine rings is 1. The van der Waals surface area contributed by atoms with E-state index in [0.717, 1.165) is 40.9 Å². The first-order valence-corrected chi connectivity index (χ1v) is 8.45. The molecule has 140 valence electrons. The SMILES string of the molecule is O=C(O)c1cccnc1S[C@@H]1CC(=O)N(c2ccc(C(F)(F)F)cc2)C1=O. The molecule has 27 heavy (non-hydrogen) atoms. The van der Waals surface area contributed by atoms with Gasteiger partial charge in [0.15, 0.2) is 0 Å². The molecule has 1 aliphatic rings. The van der Waals surface area contributed by atoms with E-state index in [4.69, 9.17) is 0 Å². The third-order valence-corrected chi connectivity index (χ3v) is 5.01. The van der Waals surface area contributed by atoms with Crippen LogP contribution in [0.5, 0.6) is 0 Å². The Morgan fingerprint density at radius 2 is 1.85 bits per heavy atom. The Hall–Kier alpha value is -2.88. The van der Waals surface area contributed by atoms with Gasteiger partial charge in [-0.2, -0.15) is 13.2 Å². The minimum absolute atomic E-state index is 0.0283. The van der Waals surface area contributed by atoms with Gasteiger partial charge in [0.25, 0.3) is 0 Å². The molecule has 6 nitrogen and oxygen atoms in total. The summed E-state index contributed by atoms with van der Waals surface area (Å²) in [6, 6.07) is 6.44. The molecule has 0 saturated carbocycles. The summed E-state index contributed by atoms with van der Waals surface area (Å²) >= 11 is 0.840. The second-order valence-corrected chi connectivity index (χ2v) is 6.78. The van der Waals surface area contributed by atoms with Crippen LogP contribution in [0.4, 0.5) is 18.9 Å². The van der Waals surface area contributed by atoms with Gasteiger partial charge in [-0.15, -0.1) is 0 Å². The number of anilines is 1. The van der Waals surface area contributed by atoms with E-state index in [2.05, 4.69) is 4.98 Å². The molecular weight excluding hydrogens is 385 g/mol. The first kappa shape index (κ1) is 18.9. The monoisotopic (exact) mass is 396 g/mol. The molecule has 0 radical (unpaired) electrons. The number of carbonyl (C=O) groups is 3. The van der Waals surface area contributed by atoms with Gasteiger partial charge in [-0.1, -0.05) is 11.8 Å². The molecule has 1 atom stereocenters. The van der Waals surface area contributed by atoms with Crippen LogP contribution in [-0.2, 0) is 15.8 Å². The molecule has 0 aliphatic carbocycles. The summed E-state index contributed by atoms with van der Waals surface area (Å²) in [6.45, 7) is 0. The van der Waals surface area contributed by atoms with Crippen molar-refractivity contribution >= 4 is 35.2 Å². The number of imide groups is 1. The second kappa shape index (κ2) is 7.03. The molecular formula is C17H11F3N2O4S. The number of rotatable bonds is 4. The number of aromatic carboxylic acids is 1. The third kappa shape index (κ3) is 3.80. The van der Waals surface area contributed by atoms with Crippen molar-refractivity contribution < 1.29 is 32.7 Å². The summed E-state index contributed by atoms with van der Waals surface area (Å²) in [7, 11) is 0. The van der Waals surface area contributed by atoms with Gasteiger partial charge in [-0.3, -0.25) is 9.59 Å². The Bertz CT molecular complexity index is 915. The van der Waals surface area contributed by atoms with Crippen molar-refractivity contribution in [2.24, 2.45) is 0 Å². The number of benzene rings is 1. The number of hydrogen-bond acceptors (Lipinski definition) is 5. The van der Waals surface area contributed by atoms with Gasteiger partial charge >= 0.3 is 12.1 Å². The molecule has 1 aromatic heterocycles. The number of hydrogen-bond donors (Lipinski definition) is 1. The number of nitrogens with zero attached hydrogens (tertiary/aromatic N) is 2. The van der Waals surface area contributed by atoms with Crippen LogP contribution in [0.1, 0.15) is 22.3 Å². The lowest BCUT2D eigenvalue weighted by atomic mass is 10.2. The zero-order valence-electron chi connectivity index (χ0n) is 13.4. The smallest absolute Gasteiger partial charge is 0.416 e. The highest BCUT2D eigenvalue weighted by Gasteiger charge is 2.41. The van der Waals surface area contributed by atoms with Crippen LogP contribution in [0.25, 0.3) is 0 Å². The van der Waals surface area contributed by atoms with E-state index in [0.29, 0.717) is 0 Å². The molecule has 2 heterocycles. The van der Waals surface area contributed by atoms with Gasteiger partial charge < -0.3 is 5.11 Å². The van der Waals surface area contributed by atoms with Crippen LogP contribution in [0.15, 0.2) is 47.6 Å². The Morgan fingerprint density at radius 1 is 1.19 bits per heavy atom. The second-order valence-electron chi connectivity index (χ2n) is 5.58. The topological polar surface area (TPSA) is 87.6 Å². The summed E-state index contributed by atoms with van der Waals surface area (Å²) in [5, 5.41) is 8.35. The quantitative estimate of drug-likeness (QED) is 0.799. The summed E-state index contributed by atoms with van der Waals surface area (Å²) in [5.41, 5.74) is -0.966. The van der Waals surface area contributed by atoms with Crippen molar-refractivity contribution in [2.75, 3.05) is 4.90 Å². The van der Waals surface area contributed by atoms with E-state index < -0.39 is 34.8 Å². The van der Waals surface area contributed by atoms with Gasteiger partial charge in [-0.25, -0.2) is 14.7 Å². The maximum Gasteiger partial charge on any atom is 0.416 e. The maximum atomic E-state index is 12.7. The molecule has 10 heteroatoms. The standard InChI is InChI=1S/C17H11F3N2O4S/c18-17(19,20)9-3-5-10(6-4-9)22-13(23)8-12(15(22)24)27-14-11(16(25)26)2-1-7-21-14/h1-7,12H,8H2,(H,25,26)/t12-/m1/s1. The van der Waals surface area contributed by atoms with E-state index in [-0.39, 0.29) is 22.7 Å². The molecule has 1 aliphatic heterocycles. The molecule has 2 amide bonds. The Morgan fingerprint density at radius 3 is 2.44 bits per heavy atom. The minimum Gasteiger partial charge on any atom is -0.478 e. The number of halogens is 3. The highest BCUT2D eigenvalue weighted by molar-refractivity contribution is 8.00. The summed E-state index contributed by atoms with van der Waals surface area (Å²) in [6.07, 6.45) is -3.37. The van der Waals surface area contributed by atoms with Gasteiger partial charge in [0.2, 0.25) is 11.8 Å². The minimum atomic E-state index is -4.53. The number of alkyl halides is 3. The fourth-order valence-corrected chi connectivity index (χ4v) is 3.65. The number of carboxylic acid groups (broad SMARTS) is 1. The normalized spacial score (nSPS) is 17.4. The van der Waals surface area contributed by atoms with Crippen LogP contribution in [-0.4, -0.2) is 33.1 Å².